The van der Waals surface area contributed by atoms with Crippen molar-refractivity contribution in [2.24, 2.45) is 0 Å². The third-order valence-electron chi connectivity index (χ3n) is 2.15. The van der Waals surface area contributed by atoms with Gasteiger partial charge in [0, 0.05) is 16.1 Å². The summed E-state index contributed by atoms with van der Waals surface area (Å²) in [7, 11) is 1.63. The standard InChI is InChI=1S/C11H10BrClN2OS/c1-16-11-9(12)2-7(13)3-10(11)15-5-8-4-14-6-17-8/h2-4,6,15H,5H2,1H3. The Morgan fingerprint density at radius 2 is 2.35 bits per heavy atom. The van der Waals surface area contributed by atoms with E-state index in [4.69, 9.17) is 16.3 Å². The molecule has 0 amide bonds. The van der Waals surface area contributed by atoms with Gasteiger partial charge in [-0.05, 0) is 28.1 Å². The van der Waals surface area contributed by atoms with E-state index in [2.05, 4.69) is 26.2 Å². The van der Waals surface area contributed by atoms with Crippen molar-refractivity contribution in [3.8, 4) is 5.75 Å². The normalized spacial score (nSPS) is 10.3. The van der Waals surface area contributed by atoms with Crippen LogP contribution in [0.5, 0.6) is 5.75 Å². The number of halogens is 2. The lowest BCUT2D eigenvalue weighted by atomic mass is 10.3. The van der Waals surface area contributed by atoms with Gasteiger partial charge in [0.2, 0.25) is 0 Å². The van der Waals surface area contributed by atoms with Crippen LogP contribution in [0, 0.1) is 0 Å². The highest BCUT2D eigenvalue weighted by Crippen LogP contribution is 2.36. The molecule has 1 heterocycles. The van der Waals surface area contributed by atoms with Crippen LogP contribution in [0.1, 0.15) is 4.88 Å². The summed E-state index contributed by atoms with van der Waals surface area (Å²) in [6, 6.07) is 3.64. The monoisotopic (exact) mass is 332 g/mol. The molecule has 2 aromatic rings. The van der Waals surface area contributed by atoms with Gasteiger partial charge in [-0.3, -0.25) is 4.98 Å². The molecule has 6 heteroatoms. The number of ether oxygens (including phenoxy) is 1. The fourth-order valence-corrected chi connectivity index (χ4v) is 2.92. The fourth-order valence-electron chi connectivity index (χ4n) is 1.41. The molecule has 2 rings (SSSR count). The number of hydrogen-bond donors (Lipinski definition) is 1. The molecule has 0 radical (unpaired) electrons. The van der Waals surface area contributed by atoms with Crippen molar-refractivity contribution in [2.75, 3.05) is 12.4 Å². The van der Waals surface area contributed by atoms with Gasteiger partial charge in [0.25, 0.3) is 0 Å². The van der Waals surface area contributed by atoms with Crippen molar-refractivity contribution in [1.29, 1.82) is 0 Å². The van der Waals surface area contributed by atoms with Crippen LogP contribution in [-0.4, -0.2) is 12.1 Å². The van der Waals surface area contributed by atoms with Crippen molar-refractivity contribution in [3.05, 3.63) is 38.2 Å². The molecule has 0 spiro atoms. The van der Waals surface area contributed by atoms with E-state index < -0.39 is 0 Å². The van der Waals surface area contributed by atoms with Crippen LogP contribution in [0.25, 0.3) is 0 Å². The van der Waals surface area contributed by atoms with Crippen molar-refractivity contribution in [3.63, 3.8) is 0 Å². The first-order valence-corrected chi connectivity index (χ1v) is 6.90. The van der Waals surface area contributed by atoms with Crippen LogP contribution >= 0.6 is 38.9 Å². The van der Waals surface area contributed by atoms with Crippen LogP contribution in [0.3, 0.4) is 0 Å². The Labute approximate surface area is 117 Å². The highest BCUT2D eigenvalue weighted by Gasteiger charge is 2.09. The highest BCUT2D eigenvalue weighted by molar-refractivity contribution is 9.10. The quantitative estimate of drug-likeness (QED) is 0.911. The van der Waals surface area contributed by atoms with Crippen molar-refractivity contribution >= 4 is 44.6 Å². The smallest absolute Gasteiger partial charge is 0.156 e. The molecule has 0 atom stereocenters. The van der Waals surface area contributed by atoms with Gasteiger partial charge in [-0.2, -0.15) is 0 Å². The van der Waals surface area contributed by atoms with Gasteiger partial charge in [-0.15, -0.1) is 11.3 Å². The number of nitrogens with zero attached hydrogens (tertiary/aromatic N) is 1. The van der Waals surface area contributed by atoms with Gasteiger partial charge in [-0.1, -0.05) is 11.6 Å². The van der Waals surface area contributed by atoms with Crippen LogP contribution in [-0.2, 0) is 6.54 Å². The molecule has 1 aromatic carbocycles. The third kappa shape index (κ3) is 3.12. The summed E-state index contributed by atoms with van der Waals surface area (Å²) in [4.78, 5) is 5.18. The van der Waals surface area contributed by atoms with Crippen molar-refractivity contribution in [2.45, 2.75) is 6.54 Å². The number of thiazole rings is 1. The minimum absolute atomic E-state index is 0.657. The fraction of sp³-hybridized carbons (Fsp3) is 0.182. The zero-order valence-electron chi connectivity index (χ0n) is 9.04. The number of aromatic nitrogens is 1. The number of rotatable bonds is 4. The molecule has 0 saturated heterocycles. The molecule has 0 fully saturated rings. The zero-order valence-corrected chi connectivity index (χ0v) is 12.2. The minimum atomic E-state index is 0.657. The predicted molar refractivity (Wildman–Crippen MR) is 75.1 cm³/mol. The second-order valence-electron chi connectivity index (χ2n) is 3.29. The summed E-state index contributed by atoms with van der Waals surface area (Å²) in [5.74, 6) is 0.749. The average Bonchev–Trinajstić information content (AvgIpc) is 2.78. The lowest BCUT2D eigenvalue weighted by Gasteiger charge is -2.12. The Morgan fingerprint density at radius 1 is 1.53 bits per heavy atom. The number of hydrogen-bond acceptors (Lipinski definition) is 4. The third-order valence-corrected chi connectivity index (χ3v) is 3.74. The van der Waals surface area contributed by atoms with Crippen LogP contribution in [0.2, 0.25) is 5.02 Å². The number of benzene rings is 1. The van der Waals surface area contributed by atoms with E-state index >= 15 is 0 Å². The second-order valence-corrected chi connectivity index (χ2v) is 5.55. The molecule has 0 aliphatic carbocycles. The van der Waals surface area contributed by atoms with Gasteiger partial charge >= 0.3 is 0 Å². The maximum atomic E-state index is 6.00. The molecular formula is C11H10BrClN2OS. The van der Waals surface area contributed by atoms with Crippen LogP contribution < -0.4 is 10.1 Å². The van der Waals surface area contributed by atoms with E-state index in [0.717, 1.165) is 20.8 Å². The molecule has 0 bridgehead atoms. The molecule has 0 saturated carbocycles. The van der Waals surface area contributed by atoms with Gasteiger partial charge in [-0.25, -0.2) is 0 Å². The molecule has 3 nitrogen and oxygen atoms in total. The molecule has 90 valence electrons. The number of nitrogens with one attached hydrogen (secondary N) is 1. The Balaban J connectivity index is 2.19. The summed E-state index contributed by atoms with van der Waals surface area (Å²) in [5.41, 5.74) is 2.67. The predicted octanol–water partition coefficient (Wildman–Crippen LogP) is 4.18. The summed E-state index contributed by atoms with van der Waals surface area (Å²) in [6.45, 7) is 0.702. The topological polar surface area (TPSA) is 34.1 Å². The average molecular weight is 334 g/mol. The Morgan fingerprint density at radius 3 is 3.00 bits per heavy atom. The first kappa shape index (κ1) is 12.7. The lowest BCUT2D eigenvalue weighted by Crippen LogP contribution is -2.00. The van der Waals surface area contributed by atoms with Crippen molar-refractivity contribution in [1.82, 2.24) is 4.98 Å². The molecule has 0 unspecified atom stereocenters. The van der Waals surface area contributed by atoms with Gasteiger partial charge in [0.1, 0.15) is 0 Å². The van der Waals surface area contributed by atoms with E-state index in [0.29, 0.717) is 11.6 Å². The largest absolute Gasteiger partial charge is 0.493 e. The first-order valence-electron chi connectivity index (χ1n) is 4.85. The second kappa shape index (κ2) is 5.71. The zero-order chi connectivity index (χ0) is 12.3. The SMILES string of the molecule is COc1c(Br)cc(Cl)cc1NCc1cncs1. The maximum Gasteiger partial charge on any atom is 0.156 e. The Hall–Kier alpha value is -0.780. The summed E-state index contributed by atoms with van der Waals surface area (Å²) < 4.78 is 6.15. The Bertz CT molecular complexity index is 504. The number of methoxy groups -OCH3 is 1. The van der Waals surface area contributed by atoms with E-state index in [1.807, 2.05) is 17.8 Å². The molecule has 0 aliphatic heterocycles. The van der Waals surface area contributed by atoms with E-state index in [-0.39, 0.29) is 0 Å². The lowest BCUT2D eigenvalue weighted by molar-refractivity contribution is 0.414. The van der Waals surface area contributed by atoms with Gasteiger partial charge in [0.15, 0.2) is 5.75 Å². The molecule has 0 aliphatic rings. The van der Waals surface area contributed by atoms with Crippen LogP contribution in [0.15, 0.2) is 28.3 Å². The molecule has 1 N–H and O–H groups in total. The summed E-state index contributed by atoms with van der Waals surface area (Å²) >= 11 is 11.0. The number of anilines is 1. The first-order chi connectivity index (χ1) is 8.20. The van der Waals surface area contributed by atoms with E-state index in [1.165, 1.54) is 0 Å². The minimum Gasteiger partial charge on any atom is -0.493 e. The maximum absolute atomic E-state index is 6.00. The molecular weight excluding hydrogens is 324 g/mol. The van der Waals surface area contributed by atoms with Crippen molar-refractivity contribution < 1.29 is 4.74 Å². The molecule has 1 aromatic heterocycles. The van der Waals surface area contributed by atoms with Gasteiger partial charge in [0.05, 0.1) is 29.3 Å². The highest BCUT2D eigenvalue weighted by atomic mass is 79.9. The Kier molecular flexibility index (Phi) is 4.25. The molecule has 17 heavy (non-hydrogen) atoms. The van der Waals surface area contributed by atoms with Crippen LogP contribution in [0.4, 0.5) is 5.69 Å². The van der Waals surface area contributed by atoms with E-state index in [9.17, 15) is 0 Å². The van der Waals surface area contributed by atoms with E-state index in [1.54, 1.807) is 24.5 Å². The summed E-state index contributed by atoms with van der Waals surface area (Å²) in [6.07, 6.45) is 1.84. The summed E-state index contributed by atoms with van der Waals surface area (Å²) in [5, 5.41) is 3.94. The van der Waals surface area contributed by atoms with Gasteiger partial charge < -0.3 is 10.1 Å².